The summed E-state index contributed by atoms with van der Waals surface area (Å²) in [5, 5.41) is 22.9. The summed E-state index contributed by atoms with van der Waals surface area (Å²) in [5.74, 6) is -1.82. The molecule has 0 aromatic heterocycles. The Morgan fingerprint density at radius 1 is 1.14 bits per heavy atom. The second kappa shape index (κ2) is 8.24. The molecule has 1 fully saturated rings. The van der Waals surface area contributed by atoms with E-state index in [9.17, 15) is 19.7 Å². The maximum Gasteiger partial charge on any atom is 0.337 e. The van der Waals surface area contributed by atoms with Crippen molar-refractivity contribution in [2.75, 3.05) is 36.5 Å². The third kappa shape index (κ3) is 4.21. The summed E-state index contributed by atoms with van der Waals surface area (Å²) in [6.45, 7) is 2.05. The minimum absolute atomic E-state index is 0.0369. The zero-order valence-electron chi connectivity index (χ0n) is 14.6. The van der Waals surface area contributed by atoms with Crippen molar-refractivity contribution >= 4 is 40.5 Å². The highest BCUT2D eigenvalue weighted by molar-refractivity contribution is 6.33. The highest BCUT2D eigenvalue weighted by atomic mass is 35.5. The van der Waals surface area contributed by atoms with Gasteiger partial charge in [0, 0.05) is 30.9 Å². The first-order chi connectivity index (χ1) is 13.4. The van der Waals surface area contributed by atoms with Gasteiger partial charge in [-0.15, -0.1) is 0 Å². The molecule has 0 atom stereocenters. The topological polar surface area (TPSA) is 122 Å². The number of carboxylic acids is 1. The van der Waals surface area contributed by atoms with Crippen LogP contribution in [0.3, 0.4) is 0 Å². The Hall–Kier alpha value is -3.17. The Bertz CT molecular complexity index is 943. The first-order valence-corrected chi connectivity index (χ1v) is 8.70. The average molecular weight is 406 g/mol. The Labute approximate surface area is 164 Å². The molecule has 0 saturated carbocycles. The molecule has 0 unspecified atom stereocenters. The van der Waals surface area contributed by atoms with Gasteiger partial charge in [-0.05, 0) is 24.3 Å². The second-order valence-corrected chi connectivity index (χ2v) is 6.42. The van der Waals surface area contributed by atoms with E-state index in [0.717, 1.165) is 0 Å². The van der Waals surface area contributed by atoms with Crippen molar-refractivity contribution < 1.29 is 24.4 Å². The number of anilines is 2. The van der Waals surface area contributed by atoms with Crippen LogP contribution in [0.2, 0.25) is 5.02 Å². The molecule has 1 aliphatic rings. The van der Waals surface area contributed by atoms with Crippen LogP contribution in [0.5, 0.6) is 0 Å². The lowest BCUT2D eigenvalue weighted by molar-refractivity contribution is -0.384. The molecule has 1 aliphatic heterocycles. The normalized spacial score (nSPS) is 13.8. The first-order valence-electron chi connectivity index (χ1n) is 8.32. The smallest absolute Gasteiger partial charge is 0.337 e. The number of carboxylic acid groups (broad SMARTS) is 1. The van der Waals surface area contributed by atoms with Gasteiger partial charge in [0.05, 0.1) is 40.0 Å². The Morgan fingerprint density at radius 2 is 1.86 bits per heavy atom. The number of hydrogen-bond acceptors (Lipinski definition) is 6. The Balaban J connectivity index is 1.95. The van der Waals surface area contributed by atoms with E-state index in [2.05, 4.69) is 5.32 Å². The molecule has 28 heavy (non-hydrogen) atoms. The second-order valence-electron chi connectivity index (χ2n) is 6.01. The number of carbonyl (C=O) groups is 2. The van der Waals surface area contributed by atoms with Gasteiger partial charge in [0.15, 0.2) is 0 Å². The van der Waals surface area contributed by atoms with Gasteiger partial charge in [0.25, 0.3) is 11.6 Å². The summed E-state index contributed by atoms with van der Waals surface area (Å²) in [7, 11) is 0. The number of non-ortho nitro benzene ring substituents is 1. The third-order valence-corrected chi connectivity index (χ3v) is 4.57. The van der Waals surface area contributed by atoms with Crippen LogP contribution in [0.1, 0.15) is 20.7 Å². The van der Waals surface area contributed by atoms with Gasteiger partial charge in [-0.2, -0.15) is 0 Å². The predicted molar refractivity (Wildman–Crippen MR) is 102 cm³/mol. The molecule has 1 amide bonds. The lowest BCUT2D eigenvalue weighted by Crippen LogP contribution is -2.37. The maximum absolute atomic E-state index is 12.8. The molecular weight excluding hydrogens is 390 g/mol. The summed E-state index contributed by atoms with van der Waals surface area (Å²) in [4.78, 5) is 36.5. The van der Waals surface area contributed by atoms with Crippen LogP contribution in [-0.4, -0.2) is 48.2 Å². The number of halogens is 1. The van der Waals surface area contributed by atoms with Crippen LogP contribution < -0.4 is 10.2 Å². The van der Waals surface area contributed by atoms with Crippen molar-refractivity contribution in [2.45, 2.75) is 0 Å². The molecule has 3 rings (SSSR count). The maximum atomic E-state index is 12.8. The number of aromatic carboxylic acids is 1. The number of rotatable bonds is 5. The third-order valence-electron chi connectivity index (χ3n) is 4.24. The molecule has 10 heteroatoms. The summed E-state index contributed by atoms with van der Waals surface area (Å²) in [6.07, 6.45) is 0. The van der Waals surface area contributed by atoms with Crippen molar-refractivity contribution in [3.63, 3.8) is 0 Å². The Kier molecular flexibility index (Phi) is 5.76. The van der Waals surface area contributed by atoms with Gasteiger partial charge in [-0.1, -0.05) is 11.6 Å². The number of nitro benzene ring substituents is 1. The molecule has 1 heterocycles. The van der Waals surface area contributed by atoms with E-state index in [1.807, 2.05) is 4.90 Å². The minimum Gasteiger partial charge on any atom is -0.478 e. The number of nitrogens with zero attached hydrogens (tertiary/aromatic N) is 2. The molecule has 0 aliphatic carbocycles. The number of morpholine rings is 1. The van der Waals surface area contributed by atoms with Gasteiger partial charge >= 0.3 is 5.97 Å². The van der Waals surface area contributed by atoms with Crippen molar-refractivity contribution in [3.05, 3.63) is 62.7 Å². The van der Waals surface area contributed by atoms with E-state index in [4.69, 9.17) is 21.4 Å². The van der Waals surface area contributed by atoms with Gasteiger partial charge in [-0.25, -0.2) is 4.79 Å². The van der Waals surface area contributed by atoms with Crippen LogP contribution in [0.15, 0.2) is 36.4 Å². The molecule has 0 bridgehead atoms. The Morgan fingerprint density at radius 3 is 2.50 bits per heavy atom. The van der Waals surface area contributed by atoms with Crippen LogP contribution in [0, 0.1) is 10.1 Å². The fourth-order valence-corrected chi connectivity index (χ4v) is 3.06. The minimum atomic E-state index is -1.23. The largest absolute Gasteiger partial charge is 0.478 e. The fourth-order valence-electron chi connectivity index (χ4n) is 2.86. The highest BCUT2D eigenvalue weighted by Gasteiger charge is 2.22. The predicted octanol–water partition coefficient (Wildman–Crippen LogP) is 3.04. The van der Waals surface area contributed by atoms with Gasteiger partial charge < -0.3 is 20.1 Å². The number of hydrogen-bond donors (Lipinski definition) is 2. The summed E-state index contributed by atoms with van der Waals surface area (Å²) in [5.41, 5.74) is 0.490. The van der Waals surface area contributed by atoms with E-state index < -0.39 is 16.8 Å². The lowest BCUT2D eigenvalue weighted by atomic mass is 10.1. The summed E-state index contributed by atoms with van der Waals surface area (Å²) >= 11 is 5.84. The van der Waals surface area contributed by atoms with Crippen LogP contribution in [-0.2, 0) is 4.74 Å². The lowest BCUT2D eigenvalue weighted by Gasteiger charge is -2.30. The van der Waals surface area contributed by atoms with E-state index >= 15 is 0 Å². The SMILES string of the molecule is O=C(O)c1cc(NC(=O)c2cc([N+](=O)[O-])ccc2N2CCOCC2)ccc1Cl. The zero-order chi connectivity index (χ0) is 20.3. The number of nitrogens with one attached hydrogen (secondary N) is 1. The number of ether oxygens (including phenoxy) is 1. The van der Waals surface area contributed by atoms with E-state index in [1.165, 1.54) is 36.4 Å². The van der Waals surface area contributed by atoms with E-state index in [-0.39, 0.29) is 27.5 Å². The molecule has 2 aromatic carbocycles. The van der Waals surface area contributed by atoms with Crippen molar-refractivity contribution in [2.24, 2.45) is 0 Å². The van der Waals surface area contributed by atoms with Gasteiger partial charge in [0.1, 0.15) is 0 Å². The zero-order valence-corrected chi connectivity index (χ0v) is 15.3. The number of benzene rings is 2. The van der Waals surface area contributed by atoms with Crippen molar-refractivity contribution in [1.82, 2.24) is 0 Å². The number of carbonyl (C=O) groups excluding carboxylic acids is 1. The summed E-state index contributed by atoms with van der Waals surface area (Å²) in [6, 6.07) is 8.12. The van der Waals surface area contributed by atoms with Gasteiger partial charge in [0.2, 0.25) is 0 Å². The van der Waals surface area contributed by atoms with Crippen molar-refractivity contribution in [1.29, 1.82) is 0 Å². The average Bonchev–Trinajstić information content (AvgIpc) is 2.69. The molecule has 1 saturated heterocycles. The molecule has 2 aromatic rings. The molecule has 2 N–H and O–H groups in total. The molecule has 9 nitrogen and oxygen atoms in total. The first kappa shape index (κ1) is 19.6. The molecular formula is C18H16ClN3O6. The van der Waals surface area contributed by atoms with Crippen molar-refractivity contribution in [3.8, 4) is 0 Å². The quantitative estimate of drug-likeness (QED) is 0.579. The molecule has 0 spiro atoms. The number of nitro groups is 1. The van der Waals surface area contributed by atoms with E-state index in [0.29, 0.717) is 32.0 Å². The number of amides is 1. The van der Waals surface area contributed by atoms with Crippen LogP contribution in [0.25, 0.3) is 0 Å². The van der Waals surface area contributed by atoms with Gasteiger partial charge in [-0.3, -0.25) is 14.9 Å². The monoisotopic (exact) mass is 405 g/mol. The highest BCUT2D eigenvalue weighted by Crippen LogP contribution is 2.28. The molecule has 0 radical (unpaired) electrons. The van der Waals surface area contributed by atoms with E-state index in [1.54, 1.807) is 0 Å². The van der Waals surface area contributed by atoms with Crippen LogP contribution >= 0.6 is 11.6 Å². The fraction of sp³-hybridized carbons (Fsp3) is 0.222. The van der Waals surface area contributed by atoms with Crippen LogP contribution in [0.4, 0.5) is 17.1 Å². The molecule has 146 valence electrons. The summed E-state index contributed by atoms with van der Waals surface area (Å²) < 4.78 is 5.31. The standard InChI is InChI=1S/C18H16ClN3O6/c19-15-3-1-11(9-13(15)18(24)25)20-17(23)14-10-12(22(26)27)2-4-16(14)21-5-7-28-8-6-21/h1-4,9-10H,5-8H2,(H,20,23)(H,24,25).